The average Bonchev–Trinajstić information content (AvgIpc) is 3.13. The van der Waals surface area contributed by atoms with Crippen molar-refractivity contribution in [3.8, 4) is 0 Å². The van der Waals surface area contributed by atoms with Gasteiger partial charge in [0.15, 0.2) is 0 Å². The molecule has 0 rings (SSSR count). The Morgan fingerprint density at radius 2 is 1.00 bits per heavy atom. The number of carbonyl (C=O) groups excluding carboxylic acids is 1. The van der Waals surface area contributed by atoms with Gasteiger partial charge in [-0.15, -0.1) is 0 Å². The molecule has 0 aliphatic carbocycles. The summed E-state index contributed by atoms with van der Waals surface area (Å²) in [6.45, 7) is 5.41. The second kappa shape index (κ2) is 39.8. The van der Waals surface area contributed by atoms with Gasteiger partial charge in [-0.1, -0.05) is 179 Å². The highest BCUT2D eigenvalue weighted by Crippen LogP contribution is 2.38. The number of carbonyl (C=O) groups is 1. The Bertz CT molecular complexity index is 936. The number of rotatable bonds is 43. The van der Waals surface area contributed by atoms with Crippen LogP contribution in [0.2, 0.25) is 0 Å². The Kier molecular flexibility index (Phi) is 39.1. The third kappa shape index (κ3) is 43.9. The van der Waals surface area contributed by atoms with Gasteiger partial charge in [0, 0.05) is 13.0 Å². The molecule has 0 N–H and O–H groups in total. The number of nitrogens with zero attached hydrogens (tertiary/aromatic N) is 1. The van der Waals surface area contributed by atoms with E-state index < -0.39 is 13.9 Å². The lowest BCUT2D eigenvalue weighted by atomic mass is 10.0. The summed E-state index contributed by atoms with van der Waals surface area (Å²) < 4.78 is 34.6. The standard InChI is InChI=1S/C46H90NO7P/c1-6-8-10-12-14-16-18-20-21-22-23-24-25-26-28-30-32-34-36-38-41-51-43-45(44-53-55(49,50)52-42-40-47(3,4)5)54-46(48)39-37-35-33-31-29-27-19-17-15-13-11-9-7-2/h14,16,20-21,45H,6-13,15,17-19,22-44H2,1-5H3/b16-14-,21-20-. The normalized spacial score (nSPS) is 13.9. The molecule has 0 fully saturated rings. The van der Waals surface area contributed by atoms with Gasteiger partial charge in [0.25, 0.3) is 7.82 Å². The zero-order chi connectivity index (χ0) is 40.6. The van der Waals surface area contributed by atoms with Crippen LogP contribution >= 0.6 is 7.82 Å². The van der Waals surface area contributed by atoms with Crippen LogP contribution < -0.4 is 4.89 Å². The van der Waals surface area contributed by atoms with Crippen molar-refractivity contribution < 1.29 is 37.3 Å². The van der Waals surface area contributed by atoms with E-state index in [1.807, 2.05) is 21.1 Å². The fourth-order valence-corrected chi connectivity index (χ4v) is 7.13. The maximum absolute atomic E-state index is 12.7. The van der Waals surface area contributed by atoms with Gasteiger partial charge in [-0.25, -0.2) is 0 Å². The summed E-state index contributed by atoms with van der Waals surface area (Å²) in [7, 11) is 1.36. The van der Waals surface area contributed by atoms with E-state index >= 15 is 0 Å². The molecule has 0 radical (unpaired) electrons. The molecule has 0 aromatic carbocycles. The number of unbranched alkanes of at least 4 members (excludes halogenated alkanes) is 25. The minimum absolute atomic E-state index is 0.0276. The van der Waals surface area contributed by atoms with Crippen LogP contribution in [0.15, 0.2) is 24.3 Å². The molecule has 0 bridgehead atoms. The number of hydrogen-bond donors (Lipinski definition) is 0. The Labute approximate surface area is 341 Å². The Hall–Kier alpha value is -1.02. The smallest absolute Gasteiger partial charge is 0.306 e. The second-order valence-corrected chi connectivity index (χ2v) is 18.2. The van der Waals surface area contributed by atoms with Crippen LogP contribution in [0.25, 0.3) is 0 Å². The highest BCUT2D eigenvalue weighted by molar-refractivity contribution is 7.45. The van der Waals surface area contributed by atoms with E-state index in [0.717, 1.165) is 38.5 Å². The van der Waals surface area contributed by atoms with E-state index in [1.54, 1.807) is 0 Å². The summed E-state index contributed by atoms with van der Waals surface area (Å²) >= 11 is 0. The number of allylic oxidation sites excluding steroid dienone is 4. The fraction of sp³-hybridized carbons (Fsp3) is 0.891. The topological polar surface area (TPSA) is 94.1 Å². The van der Waals surface area contributed by atoms with E-state index in [9.17, 15) is 14.3 Å². The number of esters is 1. The molecule has 0 saturated carbocycles. The Morgan fingerprint density at radius 3 is 1.51 bits per heavy atom. The molecule has 55 heavy (non-hydrogen) atoms. The summed E-state index contributed by atoms with van der Waals surface area (Å²) in [6, 6.07) is 0. The summed E-state index contributed by atoms with van der Waals surface area (Å²) in [6.07, 6.45) is 44.7. The molecular formula is C46H90NO7P. The number of phosphoric acid groups is 1. The summed E-state index contributed by atoms with van der Waals surface area (Å²) in [5.74, 6) is -0.333. The number of likely N-dealkylation sites (N-methyl/N-ethyl adjacent to an activating group) is 1. The van der Waals surface area contributed by atoms with Gasteiger partial charge in [-0.3, -0.25) is 9.36 Å². The lowest BCUT2D eigenvalue weighted by molar-refractivity contribution is -0.870. The van der Waals surface area contributed by atoms with Crippen molar-refractivity contribution in [1.82, 2.24) is 0 Å². The molecule has 0 amide bonds. The summed E-state index contributed by atoms with van der Waals surface area (Å²) in [5, 5.41) is 0. The van der Waals surface area contributed by atoms with E-state index in [1.165, 1.54) is 148 Å². The highest BCUT2D eigenvalue weighted by atomic mass is 31.2. The first-order valence-corrected chi connectivity index (χ1v) is 24.5. The Morgan fingerprint density at radius 1 is 0.564 bits per heavy atom. The molecule has 0 heterocycles. The first-order chi connectivity index (χ1) is 26.6. The molecule has 0 aromatic heterocycles. The molecule has 0 spiro atoms. The molecule has 326 valence electrons. The van der Waals surface area contributed by atoms with Crippen LogP contribution in [-0.2, 0) is 27.9 Å². The lowest BCUT2D eigenvalue weighted by Gasteiger charge is -2.28. The SMILES string of the molecule is CCCCC/C=C\C/C=C\CCCCCCCCCCCCOCC(COP(=O)([O-])OCC[N+](C)(C)C)OC(=O)CCCCCCCCCCCCCCC. The second-order valence-electron chi connectivity index (χ2n) is 16.8. The first-order valence-electron chi connectivity index (χ1n) is 23.1. The quantitative estimate of drug-likeness (QED) is 0.0199. The minimum Gasteiger partial charge on any atom is -0.756 e. The van der Waals surface area contributed by atoms with Gasteiger partial charge >= 0.3 is 5.97 Å². The van der Waals surface area contributed by atoms with Crippen molar-refractivity contribution in [2.24, 2.45) is 0 Å². The summed E-state index contributed by atoms with van der Waals surface area (Å²) in [4.78, 5) is 25.0. The molecule has 2 unspecified atom stereocenters. The fourth-order valence-electron chi connectivity index (χ4n) is 6.40. The predicted molar refractivity (Wildman–Crippen MR) is 231 cm³/mol. The van der Waals surface area contributed by atoms with Gasteiger partial charge in [0.05, 0.1) is 34.4 Å². The van der Waals surface area contributed by atoms with Crippen LogP contribution in [0, 0.1) is 0 Å². The van der Waals surface area contributed by atoms with Crippen molar-refractivity contribution in [3.63, 3.8) is 0 Å². The van der Waals surface area contributed by atoms with Crippen LogP contribution in [-0.4, -0.2) is 70.7 Å². The third-order valence-corrected chi connectivity index (χ3v) is 11.0. The number of hydrogen-bond acceptors (Lipinski definition) is 7. The van der Waals surface area contributed by atoms with Crippen molar-refractivity contribution in [1.29, 1.82) is 0 Å². The number of quaternary nitrogens is 1. The van der Waals surface area contributed by atoms with Crippen molar-refractivity contribution in [2.45, 2.75) is 213 Å². The summed E-state index contributed by atoms with van der Waals surface area (Å²) in [5.41, 5.74) is 0. The number of ether oxygens (including phenoxy) is 2. The molecule has 0 aliphatic heterocycles. The predicted octanol–water partition coefficient (Wildman–Crippen LogP) is 13.0. The van der Waals surface area contributed by atoms with Gasteiger partial charge < -0.3 is 27.9 Å². The molecular weight excluding hydrogens is 709 g/mol. The maximum atomic E-state index is 12.7. The van der Waals surface area contributed by atoms with Gasteiger partial charge in [0.1, 0.15) is 19.3 Å². The lowest BCUT2D eigenvalue weighted by Crippen LogP contribution is -2.37. The molecule has 0 saturated heterocycles. The minimum atomic E-state index is -4.52. The monoisotopic (exact) mass is 800 g/mol. The largest absolute Gasteiger partial charge is 0.756 e. The average molecular weight is 800 g/mol. The molecule has 9 heteroatoms. The maximum Gasteiger partial charge on any atom is 0.306 e. The van der Waals surface area contributed by atoms with Crippen LogP contribution in [0.1, 0.15) is 206 Å². The highest BCUT2D eigenvalue weighted by Gasteiger charge is 2.20. The van der Waals surface area contributed by atoms with E-state index in [4.69, 9.17) is 18.5 Å². The van der Waals surface area contributed by atoms with Crippen LogP contribution in [0.3, 0.4) is 0 Å². The molecule has 2 atom stereocenters. The Balaban J connectivity index is 4.15. The first kappa shape index (κ1) is 54.0. The molecule has 0 aliphatic rings. The van der Waals surface area contributed by atoms with Crippen molar-refractivity contribution in [2.75, 3.05) is 54.1 Å². The van der Waals surface area contributed by atoms with Gasteiger partial charge in [-0.2, -0.15) is 0 Å². The zero-order valence-electron chi connectivity index (χ0n) is 36.9. The van der Waals surface area contributed by atoms with E-state index in [-0.39, 0.29) is 25.8 Å². The van der Waals surface area contributed by atoms with Crippen LogP contribution in [0.4, 0.5) is 0 Å². The van der Waals surface area contributed by atoms with E-state index in [0.29, 0.717) is 24.1 Å². The van der Waals surface area contributed by atoms with Crippen molar-refractivity contribution >= 4 is 13.8 Å². The van der Waals surface area contributed by atoms with Crippen molar-refractivity contribution in [3.05, 3.63) is 24.3 Å². The molecule has 8 nitrogen and oxygen atoms in total. The van der Waals surface area contributed by atoms with E-state index in [2.05, 4.69) is 38.2 Å². The third-order valence-electron chi connectivity index (χ3n) is 10.0. The number of phosphoric ester groups is 1. The van der Waals surface area contributed by atoms with Crippen LogP contribution in [0.5, 0.6) is 0 Å². The van der Waals surface area contributed by atoms with Gasteiger partial charge in [0.2, 0.25) is 0 Å². The molecule has 0 aromatic rings. The van der Waals surface area contributed by atoms with Gasteiger partial charge in [-0.05, 0) is 44.9 Å². The zero-order valence-corrected chi connectivity index (χ0v) is 37.8.